The summed E-state index contributed by atoms with van der Waals surface area (Å²) in [7, 11) is 1.32. The molecule has 1 aliphatic carbocycles. The number of benzene rings is 2. The maximum absolute atomic E-state index is 14.4. The van der Waals surface area contributed by atoms with E-state index in [2.05, 4.69) is 10.8 Å². The Labute approximate surface area is 128 Å². The quantitative estimate of drug-likeness (QED) is 0.808. The Morgan fingerprint density at radius 3 is 2.41 bits per heavy atom. The summed E-state index contributed by atoms with van der Waals surface area (Å²) in [5.41, 5.74) is 1.80. The van der Waals surface area contributed by atoms with Crippen molar-refractivity contribution >= 4 is 5.97 Å². The second-order valence-electron chi connectivity index (χ2n) is 5.46. The van der Waals surface area contributed by atoms with Crippen LogP contribution in [0.25, 0.3) is 11.1 Å². The molecule has 0 radical (unpaired) electrons. The summed E-state index contributed by atoms with van der Waals surface area (Å²) in [5.74, 6) is -0.781. The zero-order valence-electron chi connectivity index (χ0n) is 12.1. The standard InChI is InChI=1S/C18H14FNO2/c1-22-17(21)13-4-2-12(3-5-13)15-7-6-14(10-16(15)19)18(11-20)8-9-18/h2-7,10H,8-9H2,1H3. The smallest absolute Gasteiger partial charge is 0.337 e. The van der Waals surface area contributed by atoms with Crippen molar-refractivity contribution in [1.29, 1.82) is 5.26 Å². The van der Waals surface area contributed by atoms with Gasteiger partial charge in [0.2, 0.25) is 0 Å². The maximum atomic E-state index is 14.4. The molecular weight excluding hydrogens is 281 g/mol. The molecule has 0 spiro atoms. The first-order valence-corrected chi connectivity index (χ1v) is 7.00. The molecule has 1 fully saturated rings. The average molecular weight is 295 g/mol. The highest BCUT2D eigenvalue weighted by Crippen LogP contribution is 2.48. The van der Waals surface area contributed by atoms with Crippen LogP contribution >= 0.6 is 0 Å². The highest BCUT2D eigenvalue weighted by atomic mass is 19.1. The van der Waals surface area contributed by atoms with E-state index in [1.807, 2.05) is 6.07 Å². The lowest BCUT2D eigenvalue weighted by molar-refractivity contribution is 0.0601. The van der Waals surface area contributed by atoms with Gasteiger partial charge >= 0.3 is 5.97 Å². The summed E-state index contributed by atoms with van der Waals surface area (Å²) in [6, 6.07) is 13.8. The molecule has 0 unspecified atom stereocenters. The zero-order chi connectivity index (χ0) is 15.7. The fourth-order valence-corrected chi connectivity index (χ4v) is 2.54. The summed E-state index contributed by atoms with van der Waals surface area (Å²) >= 11 is 0. The molecule has 22 heavy (non-hydrogen) atoms. The first-order valence-electron chi connectivity index (χ1n) is 7.00. The van der Waals surface area contributed by atoms with Crippen LogP contribution in [0.1, 0.15) is 28.8 Å². The zero-order valence-corrected chi connectivity index (χ0v) is 12.1. The van der Waals surface area contributed by atoms with Crippen LogP contribution in [0.5, 0.6) is 0 Å². The van der Waals surface area contributed by atoms with Gasteiger partial charge in [-0.05, 0) is 42.2 Å². The van der Waals surface area contributed by atoms with Gasteiger partial charge < -0.3 is 4.74 Å². The van der Waals surface area contributed by atoms with Crippen LogP contribution in [0.3, 0.4) is 0 Å². The monoisotopic (exact) mass is 295 g/mol. The van der Waals surface area contributed by atoms with E-state index < -0.39 is 11.4 Å². The summed E-state index contributed by atoms with van der Waals surface area (Å²) in [6.07, 6.45) is 1.58. The number of nitriles is 1. The Kier molecular flexibility index (Phi) is 3.42. The van der Waals surface area contributed by atoms with Gasteiger partial charge in [0, 0.05) is 5.56 Å². The molecule has 0 aromatic heterocycles. The van der Waals surface area contributed by atoms with E-state index >= 15 is 0 Å². The number of ether oxygens (including phenoxy) is 1. The van der Waals surface area contributed by atoms with E-state index in [4.69, 9.17) is 0 Å². The molecule has 1 aliphatic rings. The number of rotatable bonds is 3. The predicted molar refractivity (Wildman–Crippen MR) is 79.7 cm³/mol. The van der Waals surface area contributed by atoms with E-state index in [0.29, 0.717) is 16.7 Å². The molecule has 0 heterocycles. The second kappa shape index (κ2) is 5.27. The lowest BCUT2D eigenvalue weighted by Gasteiger charge is -2.10. The van der Waals surface area contributed by atoms with Crippen molar-refractivity contribution in [2.24, 2.45) is 0 Å². The van der Waals surface area contributed by atoms with Gasteiger partial charge in [-0.2, -0.15) is 5.26 Å². The Morgan fingerprint density at radius 1 is 1.23 bits per heavy atom. The first-order chi connectivity index (χ1) is 10.6. The largest absolute Gasteiger partial charge is 0.465 e. The van der Waals surface area contributed by atoms with E-state index in [1.54, 1.807) is 30.3 Å². The topological polar surface area (TPSA) is 50.1 Å². The molecule has 0 saturated heterocycles. The van der Waals surface area contributed by atoms with E-state index in [0.717, 1.165) is 18.4 Å². The number of carbonyl (C=O) groups is 1. The normalized spacial score (nSPS) is 15.0. The van der Waals surface area contributed by atoms with Crippen LogP contribution in [0.4, 0.5) is 4.39 Å². The van der Waals surface area contributed by atoms with E-state index in [9.17, 15) is 14.4 Å². The van der Waals surface area contributed by atoms with Crippen LogP contribution in [-0.4, -0.2) is 13.1 Å². The molecule has 3 rings (SSSR count). The number of nitrogens with zero attached hydrogens (tertiary/aromatic N) is 1. The van der Waals surface area contributed by atoms with Crippen LogP contribution in [0, 0.1) is 17.1 Å². The number of hydrogen-bond donors (Lipinski definition) is 0. The third-order valence-corrected chi connectivity index (χ3v) is 4.10. The minimum absolute atomic E-state index is 0.357. The third-order valence-electron chi connectivity index (χ3n) is 4.10. The molecule has 0 N–H and O–H groups in total. The van der Waals surface area contributed by atoms with Crippen molar-refractivity contribution in [2.75, 3.05) is 7.11 Å². The number of methoxy groups -OCH3 is 1. The summed E-state index contributed by atoms with van der Waals surface area (Å²) in [4.78, 5) is 11.4. The molecule has 0 aliphatic heterocycles. The van der Waals surface area contributed by atoms with Crippen LogP contribution in [-0.2, 0) is 10.2 Å². The molecule has 3 nitrogen and oxygen atoms in total. The Bertz CT molecular complexity index is 771. The van der Waals surface area contributed by atoms with Crippen molar-refractivity contribution < 1.29 is 13.9 Å². The minimum Gasteiger partial charge on any atom is -0.465 e. The van der Waals surface area contributed by atoms with Gasteiger partial charge in [0.1, 0.15) is 5.82 Å². The highest BCUT2D eigenvalue weighted by Gasteiger charge is 2.45. The average Bonchev–Trinajstić information content (AvgIpc) is 3.35. The molecule has 1 saturated carbocycles. The maximum Gasteiger partial charge on any atom is 0.337 e. The van der Waals surface area contributed by atoms with Crippen molar-refractivity contribution in [3.8, 4) is 17.2 Å². The van der Waals surface area contributed by atoms with Crippen molar-refractivity contribution in [3.63, 3.8) is 0 Å². The Balaban J connectivity index is 1.92. The van der Waals surface area contributed by atoms with Gasteiger partial charge in [-0.3, -0.25) is 0 Å². The van der Waals surface area contributed by atoms with Gasteiger partial charge in [0.05, 0.1) is 24.2 Å². The highest BCUT2D eigenvalue weighted by molar-refractivity contribution is 5.90. The predicted octanol–water partition coefficient (Wildman–Crippen LogP) is 3.83. The number of halogens is 1. The van der Waals surface area contributed by atoms with Crippen molar-refractivity contribution in [3.05, 3.63) is 59.4 Å². The minimum atomic E-state index is -0.492. The van der Waals surface area contributed by atoms with Crippen molar-refractivity contribution in [1.82, 2.24) is 0 Å². The van der Waals surface area contributed by atoms with Crippen molar-refractivity contribution in [2.45, 2.75) is 18.3 Å². The van der Waals surface area contributed by atoms with Gasteiger partial charge in [-0.1, -0.05) is 24.3 Å². The summed E-state index contributed by atoms with van der Waals surface area (Å²) < 4.78 is 19.0. The van der Waals surface area contributed by atoms with Gasteiger partial charge in [-0.15, -0.1) is 0 Å². The molecular formula is C18H14FNO2. The molecule has 2 aromatic rings. The first kappa shape index (κ1) is 14.3. The second-order valence-corrected chi connectivity index (χ2v) is 5.46. The fourth-order valence-electron chi connectivity index (χ4n) is 2.54. The van der Waals surface area contributed by atoms with Crippen LogP contribution < -0.4 is 0 Å². The fraction of sp³-hybridized carbons (Fsp3) is 0.222. The molecule has 0 bridgehead atoms. The lowest BCUT2D eigenvalue weighted by Crippen LogP contribution is -2.03. The number of carbonyl (C=O) groups excluding carboxylic acids is 1. The molecule has 2 aromatic carbocycles. The third kappa shape index (κ3) is 2.35. The van der Waals surface area contributed by atoms with Crippen LogP contribution in [0.2, 0.25) is 0 Å². The Morgan fingerprint density at radius 2 is 1.91 bits per heavy atom. The summed E-state index contributed by atoms with van der Waals surface area (Å²) in [5, 5.41) is 9.18. The SMILES string of the molecule is COC(=O)c1ccc(-c2ccc(C3(C#N)CC3)cc2F)cc1. The van der Waals surface area contributed by atoms with Gasteiger partial charge in [0.15, 0.2) is 0 Å². The van der Waals surface area contributed by atoms with E-state index in [1.165, 1.54) is 13.2 Å². The van der Waals surface area contributed by atoms with Gasteiger partial charge in [-0.25, -0.2) is 9.18 Å². The summed E-state index contributed by atoms with van der Waals surface area (Å²) in [6.45, 7) is 0. The molecule has 110 valence electrons. The molecule has 0 atom stereocenters. The number of esters is 1. The molecule has 4 heteroatoms. The van der Waals surface area contributed by atoms with Gasteiger partial charge in [0.25, 0.3) is 0 Å². The van der Waals surface area contributed by atoms with E-state index in [-0.39, 0.29) is 5.82 Å². The van der Waals surface area contributed by atoms with Crippen LogP contribution in [0.15, 0.2) is 42.5 Å². The molecule has 0 amide bonds. The lowest BCUT2D eigenvalue weighted by atomic mass is 9.94. The number of hydrogen-bond acceptors (Lipinski definition) is 3. The Hall–Kier alpha value is -2.67.